The number of nitrogens with zero attached hydrogens (tertiary/aromatic N) is 4. The summed E-state index contributed by atoms with van der Waals surface area (Å²) in [6.45, 7) is 6.58. The molecule has 2 atom stereocenters. The van der Waals surface area contributed by atoms with Gasteiger partial charge in [0.25, 0.3) is 0 Å². The zero-order valence-electron chi connectivity index (χ0n) is 19.3. The molecule has 0 saturated heterocycles. The number of rotatable bonds is 5. The Hall–Kier alpha value is -2.87. The average molecular weight is 454 g/mol. The van der Waals surface area contributed by atoms with Gasteiger partial charge in [-0.3, -0.25) is 9.22 Å². The number of benzene rings is 1. The highest BCUT2D eigenvalue weighted by molar-refractivity contribution is 7.85. The Kier molecular flexibility index (Phi) is 6.24. The topological polar surface area (TPSA) is 83.5 Å². The van der Waals surface area contributed by atoms with Crippen molar-refractivity contribution in [1.82, 2.24) is 9.91 Å². The molecular formula is C24H31N5O2S. The highest BCUT2D eigenvalue weighted by atomic mass is 32.2. The first-order valence-corrected chi connectivity index (χ1v) is 12.1. The van der Waals surface area contributed by atoms with Gasteiger partial charge in [0.2, 0.25) is 12.1 Å². The summed E-state index contributed by atoms with van der Waals surface area (Å²) in [7, 11) is 2.81. The summed E-state index contributed by atoms with van der Waals surface area (Å²) in [5, 5.41) is 6.51. The van der Waals surface area contributed by atoms with E-state index in [-0.39, 0.29) is 5.25 Å². The summed E-state index contributed by atoms with van der Waals surface area (Å²) in [6.07, 6.45) is 5.70. The van der Waals surface area contributed by atoms with Gasteiger partial charge in [0.05, 0.1) is 23.1 Å². The lowest BCUT2D eigenvalue weighted by Gasteiger charge is -2.30. The largest absolute Gasteiger partial charge is 0.445 e. The Balaban J connectivity index is 1.61. The molecule has 0 amide bonds. The van der Waals surface area contributed by atoms with Crippen LogP contribution in [0.4, 0.5) is 0 Å². The summed E-state index contributed by atoms with van der Waals surface area (Å²) < 4.78 is 18.7. The molecule has 0 saturated carbocycles. The van der Waals surface area contributed by atoms with Crippen LogP contribution in [0.5, 0.6) is 0 Å². The quantitative estimate of drug-likeness (QED) is 0.739. The first-order chi connectivity index (χ1) is 15.3. The van der Waals surface area contributed by atoms with Gasteiger partial charge in [-0.2, -0.15) is 0 Å². The van der Waals surface area contributed by atoms with Crippen LogP contribution in [0.3, 0.4) is 0 Å². The molecule has 7 nitrogen and oxygen atoms in total. The van der Waals surface area contributed by atoms with Crippen molar-refractivity contribution >= 4 is 22.4 Å². The van der Waals surface area contributed by atoms with E-state index in [4.69, 9.17) is 15.5 Å². The summed E-state index contributed by atoms with van der Waals surface area (Å²) in [5.41, 5.74) is 11.2. The highest BCUT2D eigenvalue weighted by Gasteiger charge is 2.35. The number of hydrogen-bond donors (Lipinski definition) is 1. The van der Waals surface area contributed by atoms with Gasteiger partial charge in [0.15, 0.2) is 0 Å². The lowest BCUT2D eigenvalue weighted by atomic mass is 9.99. The monoisotopic (exact) mass is 453 g/mol. The minimum atomic E-state index is -1.01. The number of nitrogens with two attached hydrogens (primary N) is 1. The molecule has 170 valence electrons. The van der Waals surface area contributed by atoms with E-state index < -0.39 is 17.0 Å². The second kappa shape index (κ2) is 8.94. The van der Waals surface area contributed by atoms with E-state index in [2.05, 4.69) is 24.2 Å². The number of ether oxygens (including phenoxy) is 1. The number of allylic oxidation sites excluding steroid dienone is 3. The lowest BCUT2D eigenvalue weighted by molar-refractivity contribution is 0.106. The second-order valence-electron chi connectivity index (χ2n) is 8.61. The molecule has 0 aromatic heterocycles. The average Bonchev–Trinajstić information content (AvgIpc) is 3.16. The van der Waals surface area contributed by atoms with Crippen molar-refractivity contribution in [1.29, 1.82) is 0 Å². The molecule has 2 heterocycles. The summed E-state index contributed by atoms with van der Waals surface area (Å²) in [5.74, 6) is 1.22. The molecule has 1 aromatic rings. The number of hydrogen-bond acceptors (Lipinski definition) is 7. The van der Waals surface area contributed by atoms with Gasteiger partial charge in [-0.1, -0.05) is 38.1 Å². The molecule has 32 heavy (non-hydrogen) atoms. The summed E-state index contributed by atoms with van der Waals surface area (Å²) in [4.78, 5) is 7.71. The first kappa shape index (κ1) is 22.3. The van der Waals surface area contributed by atoms with E-state index in [0.717, 1.165) is 34.6 Å². The molecule has 1 aliphatic carbocycles. The van der Waals surface area contributed by atoms with Crippen LogP contribution in [0.2, 0.25) is 0 Å². The van der Waals surface area contributed by atoms with Crippen LogP contribution in [-0.2, 0) is 15.5 Å². The fraction of sp³-hybridized carbons (Fsp3) is 0.417. The molecular weight excluding hydrogens is 422 g/mol. The van der Waals surface area contributed by atoms with Crippen molar-refractivity contribution in [2.75, 3.05) is 20.6 Å². The molecule has 8 heteroatoms. The maximum absolute atomic E-state index is 12.4. The van der Waals surface area contributed by atoms with E-state index in [1.165, 1.54) is 5.57 Å². The van der Waals surface area contributed by atoms with Gasteiger partial charge in [0.1, 0.15) is 11.5 Å². The summed E-state index contributed by atoms with van der Waals surface area (Å²) >= 11 is 0. The molecule has 2 unspecified atom stereocenters. The third-order valence-corrected chi connectivity index (χ3v) is 7.47. The first-order valence-electron chi connectivity index (χ1n) is 10.9. The van der Waals surface area contributed by atoms with E-state index >= 15 is 0 Å². The Bertz CT molecular complexity index is 1080. The molecule has 0 spiro atoms. The van der Waals surface area contributed by atoms with Crippen LogP contribution in [0, 0.1) is 0 Å². The van der Waals surface area contributed by atoms with Crippen molar-refractivity contribution in [3.63, 3.8) is 0 Å². The number of aliphatic imine (C=N–C) groups is 1. The van der Waals surface area contributed by atoms with Crippen LogP contribution in [0.25, 0.3) is 0 Å². The molecule has 3 aliphatic rings. The molecule has 2 aliphatic heterocycles. The predicted molar refractivity (Wildman–Crippen MR) is 130 cm³/mol. The molecule has 1 aromatic carbocycles. The maximum atomic E-state index is 12.4. The fourth-order valence-electron chi connectivity index (χ4n) is 3.96. The van der Waals surface area contributed by atoms with Crippen LogP contribution in [0.15, 0.2) is 74.1 Å². The Morgan fingerprint density at radius 1 is 1.22 bits per heavy atom. The van der Waals surface area contributed by atoms with Crippen LogP contribution >= 0.6 is 0 Å². The van der Waals surface area contributed by atoms with E-state index in [9.17, 15) is 4.21 Å². The van der Waals surface area contributed by atoms with Gasteiger partial charge in [-0.25, -0.2) is 4.99 Å². The predicted octanol–water partition coefficient (Wildman–Crippen LogP) is 3.33. The zero-order chi connectivity index (χ0) is 23.0. The third kappa shape index (κ3) is 4.24. The maximum Gasteiger partial charge on any atom is 0.236 e. The van der Waals surface area contributed by atoms with E-state index in [1.54, 1.807) is 5.01 Å². The minimum absolute atomic E-state index is 0.0796. The van der Waals surface area contributed by atoms with Crippen LogP contribution in [0.1, 0.15) is 39.2 Å². The molecule has 4 rings (SSSR count). The van der Waals surface area contributed by atoms with Gasteiger partial charge in [-0.05, 0) is 43.0 Å². The van der Waals surface area contributed by atoms with Crippen molar-refractivity contribution in [3.05, 3.63) is 64.6 Å². The van der Waals surface area contributed by atoms with Gasteiger partial charge in [-0.15, -0.1) is 5.10 Å². The van der Waals surface area contributed by atoms with E-state index in [0.29, 0.717) is 24.0 Å². The number of likely N-dealkylation sites (N-methyl/N-ethyl adjacent to an activating group) is 2. The van der Waals surface area contributed by atoms with Crippen molar-refractivity contribution in [3.8, 4) is 0 Å². The molecule has 0 fully saturated rings. The smallest absolute Gasteiger partial charge is 0.236 e. The van der Waals surface area contributed by atoms with Gasteiger partial charge in [0, 0.05) is 29.8 Å². The Morgan fingerprint density at radius 3 is 2.59 bits per heavy atom. The fourth-order valence-corrected chi connectivity index (χ4v) is 4.91. The second-order valence-corrected chi connectivity index (χ2v) is 10.6. The molecule has 2 N–H and O–H groups in total. The van der Waals surface area contributed by atoms with Gasteiger partial charge >= 0.3 is 0 Å². The van der Waals surface area contributed by atoms with Crippen LogP contribution < -0.4 is 5.73 Å². The standard InChI is InChI=1S/C24H31N5O2S/c1-15(2)32(30)18-12-10-17(11-13-18)20-14-28(4)22(25)21(26-20)24-29(5)27-23(31-24)19-9-7-6-8-16(19)3/h6,8,10-13,15,24H,7,9,14,25H2,1-5H3. The SMILES string of the molecule is CC1=C(C2=NN(C)C(C3=C(N)N(C)CC(c4ccc(S(=O)C(C)C)cc4)=N3)O2)CCC=C1. The lowest BCUT2D eigenvalue weighted by Crippen LogP contribution is -2.39. The molecule has 0 bridgehead atoms. The van der Waals surface area contributed by atoms with Crippen molar-refractivity contribution in [2.24, 2.45) is 15.8 Å². The van der Waals surface area contributed by atoms with Gasteiger partial charge < -0.3 is 15.4 Å². The summed E-state index contributed by atoms with van der Waals surface area (Å²) in [6, 6.07) is 7.79. The van der Waals surface area contributed by atoms with Crippen molar-refractivity contribution < 1.29 is 8.95 Å². The molecule has 0 radical (unpaired) electrons. The van der Waals surface area contributed by atoms with Crippen molar-refractivity contribution in [2.45, 2.75) is 50.0 Å². The minimum Gasteiger partial charge on any atom is -0.445 e. The van der Waals surface area contributed by atoms with E-state index in [1.807, 2.05) is 57.1 Å². The van der Waals surface area contributed by atoms with Crippen LogP contribution in [-0.4, -0.2) is 57.8 Å². The number of hydrazone groups is 1. The zero-order valence-corrected chi connectivity index (χ0v) is 20.1. The normalized spacial score (nSPS) is 22.4. The third-order valence-electron chi connectivity index (χ3n) is 5.87. The Labute approximate surface area is 192 Å². The highest BCUT2D eigenvalue weighted by Crippen LogP contribution is 2.30. The Morgan fingerprint density at radius 2 is 1.94 bits per heavy atom.